The van der Waals surface area contributed by atoms with Gasteiger partial charge in [0.2, 0.25) is 0 Å². The molecule has 1 rings (SSSR count). The maximum Gasteiger partial charge on any atom is 0.252 e. The molecule has 94 valence electrons. The lowest BCUT2D eigenvalue weighted by atomic mass is 10.1. The van der Waals surface area contributed by atoms with Crippen LogP contribution in [0.15, 0.2) is 18.2 Å². The zero-order valence-corrected chi connectivity index (χ0v) is 12.6. The number of carbonyl (C=O) groups excluding carboxylic acids is 1. The Kier molecular flexibility index (Phi) is 6.31. The first kappa shape index (κ1) is 14.8. The number of amides is 1. The molecule has 1 unspecified atom stereocenters. The smallest absolute Gasteiger partial charge is 0.252 e. The zero-order valence-electron chi connectivity index (χ0n) is 9.47. The maximum absolute atomic E-state index is 11.9. The van der Waals surface area contributed by atoms with E-state index in [4.69, 9.17) is 23.2 Å². The van der Waals surface area contributed by atoms with Crippen molar-refractivity contribution in [3.8, 4) is 0 Å². The first-order valence-electron chi connectivity index (χ1n) is 5.34. The average Bonchev–Trinajstić information content (AvgIpc) is 2.30. The average molecular weight is 339 g/mol. The summed E-state index contributed by atoms with van der Waals surface area (Å²) in [6, 6.07) is 5.04. The molecule has 0 aliphatic rings. The van der Waals surface area contributed by atoms with Crippen molar-refractivity contribution in [3.63, 3.8) is 0 Å². The van der Waals surface area contributed by atoms with Gasteiger partial charge in [-0.2, -0.15) is 0 Å². The summed E-state index contributed by atoms with van der Waals surface area (Å²) in [7, 11) is 0. The number of hydrogen-bond acceptors (Lipinski definition) is 1. The number of halogens is 3. The van der Waals surface area contributed by atoms with Crippen molar-refractivity contribution < 1.29 is 4.79 Å². The van der Waals surface area contributed by atoms with Crippen molar-refractivity contribution in [1.82, 2.24) is 5.32 Å². The van der Waals surface area contributed by atoms with Gasteiger partial charge in [0.15, 0.2) is 0 Å². The second kappa shape index (κ2) is 7.24. The van der Waals surface area contributed by atoms with E-state index in [1.807, 2.05) is 0 Å². The van der Waals surface area contributed by atoms with Gasteiger partial charge in [0, 0.05) is 11.9 Å². The topological polar surface area (TPSA) is 29.1 Å². The number of nitrogens with one attached hydrogen (secondary N) is 1. The van der Waals surface area contributed by atoms with E-state index < -0.39 is 0 Å². The van der Waals surface area contributed by atoms with Crippen LogP contribution in [-0.4, -0.2) is 17.8 Å². The molecule has 0 aliphatic carbocycles. The van der Waals surface area contributed by atoms with E-state index in [0.717, 1.165) is 11.8 Å². The molecule has 1 N–H and O–H groups in total. The van der Waals surface area contributed by atoms with Gasteiger partial charge in [0.25, 0.3) is 5.91 Å². The van der Waals surface area contributed by atoms with E-state index in [-0.39, 0.29) is 5.91 Å². The highest BCUT2D eigenvalue weighted by Crippen LogP contribution is 2.25. The number of rotatable bonds is 5. The van der Waals surface area contributed by atoms with Crippen LogP contribution in [0.1, 0.15) is 23.7 Å². The van der Waals surface area contributed by atoms with Crippen molar-refractivity contribution in [2.75, 3.05) is 11.9 Å². The third kappa shape index (κ3) is 4.49. The van der Waals surface area contributed by atoms with Crippen LogP contribution in [0.2, 0.25) is 10.0 Å². The summed E-state index contributed by atoms with van der Waals surface area (Å²) in [6.45, 7) is 2.72. The fourth-order valence-corrected chi connectivity index (χ4v) is 2.50. The number of carbonyl (C=O) groups is 1. The highest BCUT2D eigenvalue weighted by Gasteiger charge is 2.12. The van der Waals surface area contributed by atoms with Crippen LogP contribution in [0.25, 0.3) is 0 Å². The van der Waals surface area contributed by atoms with Gasteiger partial charge in [-0.05, 0) is 24.5 Å². The number of hydrogen-bond donors (Lipinski definition) is 1. The number of benzene rings is 1. The molecule has 0 heterocycles. The Morgan fingerprint density at radius 3 is 2.82 bits per heavy atom. The van der Waals surface area contributed by atoms with Crippen molar-refractivity contribution in [2.24, 2.45) is 5.92 Å². The molecule has 2 nitrogen and oxygen atoms in total. The van der Waals surface area contributed by atoms with Crippen molar-refractivity contribution in [1.29, 1.82) is 0 Å². The minimum atomic E-state index is -0.182. The third-order valence-corrected chi connectivity index (χ3v) is 3.69. The molecule has 17 heavy (non-hydrogen) atoms. The molecule has 0 saturated heterocycles. The first-order valence-corrected chi connectivity index (χ1v) is 7.22. The van der Waals surface area contributed by atoms with Gasteiger partial charge in [-0.3, -0.25) is 4.79 Å². The van der Waals surface area contributed by atoms with Gasteiger partial charge < -0.3 is 5.32 Å². The molecular formula is C12H14BrCl2NO. The summed E-state index contributed by atoms with van der Waals surface area (Å²) in [4.78, 5) is 11.9. The van der Waals surface area contributed by atoms with Gasteiger partial charge in [-0.25, -0.2) is 0 Å². The molecule has 0 aromatic heterocycles. The van der Waals surface area contributed by atoms with Crippen molar-refractivity contribution in [2.45, 2.75) is 13.3 Å². The summed E-state index contributed by atoms with van der Waals surface area (Å²) in [5, 5.41) is 4.48. The fraction of sp³-hybridized carbons (Fsp3) is 0.417. The molecule has 0 fully saturated rings. The van der Waals surface area contributed by atoms with E-state index in [1.54, 1.807) is 18.2 Å². The SMILES string of the molecule is CC(CCBr)CNC(=O)c1cccc(Cl)c1Cl. The Balaban J connectivity index is 2.61. The van der Waals surface area contributed by atoms with Crippen LogP contribution in [0.4, 0.5) is 0 Å². The van der Waals surface area contributed by atoms with Crippen LogP contribution >= 0.6 is 39.1 Å². The highest BCUT2D eigenvalue weighted by atomic mass is 79.9. The second-order valence-electron chi connectivity index (χ2n) is 3.89. The van der Waals surface area contributed by atoms with E-state index in [2.05, 4.69) is 28.2 Å². The molecule has 1 atom stereocenters. The predicted octanol–water partition coefficient (Wildman–Crippen LogP) is 4.14. The monoisotopic (exact) mass is 337 g/mol. The predicted molar refractivity (Wildman–Crippen MR) is 76.4 cm³/mol. The molecule has 0 spiro atoms. The summed E-state index contributed by atoms with van der Waals surface area (Å²) in [6.07, 6.45) is 1.02. The van der Waals surface area contributed by atoms with Gasteiger partial charge in [-0.15, -0.1) is 0 Å². The molecule has 0 radical (unpaired) electrons. The minimum Gasteiger partial charge on any atom is -0.352 e. The normalized spacial score (nSPS) is 12.2. The summed E-state index contributed by atoms with van der Waals surface area (Å²) < 4.78 is 0. The molecule has 1 amide bonds. The quantitative estimate of drug-likeness (QED) is 0.803. The van der Waals surface area contributed by atoms with Gasteiger partial charge in [0.05, 0.1) is 15.6 Å². The Morgan fingerprint density at radius 2 is 2.18 bits per heavy atom. The van der Waals surface area contributed by atoms with E-state index in [9.17, 15) is 4.79 Å². The lowest BCUT2D eigenvalue weighted by Crippen LogP contribution is -2.28. The van der Waals surface area contributed by atoms with Crippen LogP contribution in [-0.2, 0) is 0 Å². The Hall–Kier alpha value is -0.250. The van der Waals surface area contributed by atoms with Crippen LogP contribution in [0.5, 0.6) is 0 Å². The molecule has 0 bridgehead atoms. The zero-order chi connectivity index (χ0) is 12.8. The van der Waals surface area contributed by atoms with Gasteiger partial charge >= 0.3 is 0 Å². The largest absolute Gasteiger partial charge is 0.352 e. The highest BCUT2D eigenvalue weighted by molar-refractivity contribution is 9.09. The summed E-state index contributed by atoms with van der Waals surface area (Å²) >= 11 is 15.2. The molecular weight excluding hydrogens is 325 g/mol. The van der Waals surface area contributed by atoms with Gasteiger partial charge in [-0.1, -0.05) is 52.1 Å². The standard InChI is InChI=1S/C12H14BrCl2NO/c1-8(5-6-13)7-16-12(17)9-3-2-4-10(14)11(9)15/h2-4,8H,5-7H2,1H3,(H,16,17). The van der Waals surface area contributed by atoms with Crippen LogP contribution < -0.4 is 5.32 Å². The second-order valence-corrected chi connectivity index (χ2v) is 5.47. The Bertz CT molecular complexity index is 398. The maximum atomic E-state index is 11.9. The fourth-order valence-electron chi connectivity index (χ4n) is 1.33. The Labute approximate surface area is 120 Å². The van der Waals surface area contributed by atoms with Crippen LogP contribution in [0.3, 0.4) is 0 Å². The molecule has 1 aromatic rings. The summed E-state index contributed by atoms with van der Waals surface area (Å²) in [5.41, 5.74) is 0.421. The van der Waals surface area contributed by atoms with E-state index >= 15 is 0 Å². The summed E-state index contributed by atoms with van der Waals surface area (Å²) in [5.74, 6) is 0.246. The third-order valence-electron chi connectivity index (χ3n) is 2.41. The number of alkyl halides is 1. The Morgan fingerprint density at radius 1 is 1.47 bits per heavy atom. The van der Waals surface area contributed by atoms with Crippen molar-refractivity contribution >= 4 is 45.0 Å². The van der Waals surface area contributed by atoms with E-state index in [1.165, 1.54) is 0 Å². The lowest BCUT2D eigenvalue weighted by molar-refractivity contribution is 0.0948. The lowest BCUT2D eigenvalue weighted by Gasteiger charge is -2.12. The minimum absolute atomic E-state index is 0.182. The van der Waals surface area contributed by atoms with Crippen molar-refractivity contribution in [3.05, 3.63) is 33.8 Å². The van der Waals surface area contributed by atoms with E-state index in [0.29, 0.717) is 28.1 Å². The molecule has 0 saturated carbocycles. The first-order chi connectivity index (χ1) is 8.06. The van der Waals surface area contributed by atoms with Gasteiger partial charge in [0.1, 0.15) is 0 Å². The van der Waals surface area contributed by atoms with Crippen LogP contribution in [0, 0.1) is 5.92 Å². The molecule has 0 aliphatic heterocycles. The molecule has 1 aromatic carbocycles. The molecule has 5 heteroatoms.